The van der Waals surface area contributed by atoms with Gasteiger partial charge in [0.15, 0.2) is 5.72 Å². The van der Waals surface area contributed by atoms with Crippen LogP contribution >= 0.6 is 0 Å². The smallest absolute Gasteiger partial charge is 0.409 e. The largest absolute Gasteiger partial charge is 0.423 e. The van der Waals surface area contributed by atoms with Crippen LogP contribution in [-0.2, 0) is 16.9 Å². The lowest BCUT2D eigenvalue weighted by Gasteiger charge is -2.38. The third kappa shape index (κ3) is 2.94. The maximum Gasteiger partial charge on any atom is 0.409 e. The molecule has 0 fully saturated rings. The van der Waals surface area contributed by atoms with E-state index in [-0.39, 0.29) is 0 Å². The van der Waals surface area contributed by atoms with Crippen molar-refractivity contribution in [2.24, 2.45) is 0 Å². The van der Waals surface area contributed by atoms with Crippen molar-refractivity contribution in [1.82, 2.24) is 10.6 Å². The fourth-order valence-electron chi connectivity index (χ4n) is 2.65. The fraction of sp³-hybridized carbons (Fsp3) is 0.438. The molecule has 1 atom stereocenters. The number of alkyl carbamates (subject to hydrolysis) is 1. The van der Waals surface area contributed by atoms with Crippen molar-refractivity contribution in [2.45, 2.75) is 31.9 Å². The second kappa shape index (κ2) is 6.44. The second-order valence-corrected chi connectivity index (χ2v) is 4.82. The Hall–Kier alpha value is -1.99. The number of carbonyl (C=O) groups excluding carboxylic acids is 1. The molecule has 4 nitrogen and oxygen atoms in total. The molecule has 106 valence electrons. The second-order valence-electron chi connectivity index (χ2n) is 4.82. The van der Waals surface area contributed by atoms with Gasteiger partial charge in [-0.2, -0.15) is 0 Å². The van der Waals surface area contributed by atoms with Crippen molar-refractivity contribution in [1.29, 1.82) is 0 Å². The summed E-state index contributed by atoms with van der Waals surface area (Å²) < 4.78 is 5.69. The third-order valence-electron chi connectivity index (χ3n) is 3.49. The summed E-state index contributed by atoms with van der Waals surface area (Å²) >= 11 is 0. The van der Waals surface area contributed by atoms with Gasteiger partial charge in [0.05, 0.1) is 6.54 Å². The molecule has 2 rings (SSSR count). The molecule has 0 aromatic heterocycles. The summed E-state index contributed by atoms with van der Waals surface area (Å²) in [6.45, 7) is 2.75. The number of amides is 1. The van der Waals surface area contributed by atoms with Gasteiger partial charge in [0, 0.05) is 18.5 Å². The van der Waals surface area contributed by atoms with Gasteiger partial charge >= 0.3 is 6.09 Å². The molecule has 20 heavy (non-hydrogen) atoms. The minimum atomic E-state index is -0.819. The topological polar surface area (TPSA) is 50.4 Å². The lowest BCUT2D eigenvalue weighted by molar-refractivity contribution is -0.0307. The van der Waals surface area contributed by atoms with Gasteiger partial charge in [-0.15, -0.1) is 6.42 Å². The van der Waals surface area contributed by atoms with Crippen LogP contribution in [0.15, 0.2) is 24.3 Å². The molecule has 0 radical (unpaired) electrons. The third-order valence-corrected chi connectivity index (χ3v) is 3.49. The van der Waals surface area contributed by atoms with Gasteiger partial charge in [-0.1, -0.05) is 30.2 Å². The summed E-state index contributed by atoms with van der Waals surface area (Å²) in [6.07, 6.45) is 7.59. The molecule has 0 spiro atoms. The van der Waals surface area contributed by atoms with Crippen molar-refractivity contribution in [3.8, 4) is 12.3 Å². The van der Waals surface area contributed by atoms with Gasteiger partial charge < -0.3 is 10.1 Å². The van der Waals surface area contributed by atoms with E-state index in [9.17, 15) is 4.79 Å². The molecule has 2 N–H and O–H groups in total. The summed E-state index contributed by atoms with van der Waals surface area (Å²) in [5.41, 5.74) is 1.39. The molecule has 1 amide bonds. The summed E-state index contributed by atoms with van der Waals surface area (Å²) in [5.74, 6) is 2.55. The summed E-state index contributed by atoms with van der Waals surface area (Å²) in [6, 6.07) is 8.03. The number of rotatable bonds is 4. The Morgan fingerprint density at radius 3 is 3.05 bits per heavy atom. The number of nitrogens with one attached hydrogen (secondary N) is 2. The zero-order valence-corrected chi connectivity index (χ0v) is 11.7. The average Bonchev–Trinajstić information content (AvgIpc) is 2.46. The summed E-state index contributed by atoms with van der Waals surface area (Å²) in [4.78, 5) is 11.9. The predicted molar refractivity (Wildman–Crippen MR) is 78.1 cm³/mol. The number of ether oxygens (including phenoxy) is 1. The Morgan fingerprint density at radius 1 is 1.50 bits per heavy atom. The quantitative estimate of drug-likeness (QED) is 0.652. The van der Waals surface area contributed by atoms with E-state index in [1.54, 1.807) is 0 Å². The molecule has 0 heterocycles. The van der Waals surface area contributed by atoms with Gasteiger partial charge in [0.1, 0.15) is 0 Å². The highest BCUT2D eigenvalue weighted by Crippen LogP contribution is 2.36. The predicted octanol–water partition coefficient (Wildman–Crippen LogP) is 2.14. The summed E-state index contributed by atoms with van der Waals surface area (Å²) in [5, 5.41) is 5.88. The van der Waals surface area contributed by atoms with Crippen LogP contribution in [0.1, 0.15) is 30.9 Å². The molecule has 1 aromatic carbocycles. The van der Waals surface area contributed by atoms with Crippen molar-refractivity contribution < 1.29 is 9.53 Å². The molecule has 1 aliphatic carbocycles. The molecule has 1 unspecified atom stereocenters. The Balaban J connectivity index is 2.33. The van der Waals surface area contributed by atoms with E-state index in [2.05, 4.69) is 22.6 Å². The first kappa shape index (κ1) is 14.4. The molecular weight excluding hydrogens is 252 g/mol. The van der Waals surface area contributed by atoms with Crippen LogP contribution in [0.5, 0.6) is 0 Å². The van der Waals surface area contributed by atoms with E-state index < -0.39 is 11.8 Å². The van der Waals surface area contributed by atoms with Crippen LogP contribution in [-0.4, -0.2) is 19.2 Å². The van der Waals surface area contributed by atoms with Crippen LogP contribution in [0, 0.1) is 12.3 Å². The highest BCUT2D eigenvalue weighted by Gasteiger charge is 2.39. The highest BCUT2D eigenvalue weighted by atomic mass is 16.6. The van der Waals surface area contributed by atoms with Gasteiger partial charge in [-0.05, 0) is 25.3 Å². The van der Waals surface area contributed by atoms with Crippen molar-refractivity contribution >= 4 is 6.09 Å². The first-order valence-corrected chi connectivity index (χ1v) is 6.95. The van der Waals surface area contributed by atoms with Gasteiger partial charge in [0.2, 0.25) is 0 Å². The normalized spacial score (nSPS) is 20.6. The maximum atomic E-state index is 11.9. The van der Waals surface area contributed by atoms with E-state index in [4.69, 9.17) is 11.2 Å². The standard InChI is InChI=1S/C16H20N2O2/c1-3-12-18-16(20-15(19)17-4-2)11-7-9-13-8-5-6-10-14(13)16/h1,5-6,8,10,18H,4,7,9,11-12H2,2H3,(H,17,19). The van der Waals surface area contributed by atoms with Gasteiger partial charge in [-0.25, -0.2) is 4.79 Å². The first-order valence-electron chi connectivity index (χ1n) is 6.95. The molecule has 1 aromatic rings. The Kier molecular flexibility index (Phi) is 4.65. The van der Waals surface area contributed by atoms with E-state index in [1.165, 1.54) is 5.56 Å². The Bertz CT molecular complexity index is 521. The van der Waals surface area contributed by atoms with Crippen LogP contribution in [0.3, 0.4) is 0 Å². The van der Waals surface area contributed by atoms with Gasteiger partial charge in [0.25, 0.3) is 0 Å². The van der Waals surface area contributed by atoms with E-state index in [0.29, 0.717) is 13.1 Å². The molecule has 0 saturated heterocycles. The molecule has 0 saturated carbocycles. The maximum absolute atomic E-state index is 11.9. The average molecular weight is 272 g/mol. The fourth-order valence-corrected chi connectivity index (χ4v) is 2.65. The van der Waals surface area contributed by atoms with E-state index in [1.807, 2.05) is 25.1 Å². The summed E-state index contributed by atoms with van der Waals surface area (Å²) in [7, 11) is 0. The number of terminal acetylenes is 1. The number of fused-ring (bicyclic) bond motifs is 1. The highest BCUT2D eigenvalue weighted by molar-refractivity contribution is 5.68. The molecule has 4 heteroatoms. The number of benzene rings is 1. The molecular formula is C16H20N2O2. The molecule has 1 aliphatic rings. The van der Waals surface area contributed by atoms with Crippen LogP contribution < -0.4 is 10.6 Å². The SMILES string of the molecule is C#CCNC1(OC(=O)NCC)CCCc2ccccc21. The van der Waals surface area contributed by atoms with Crippen LogP contribution in [0.4, 0.5) is 4.79 Å². The van der Waals surface area contributed by atoms with Crippen molar-refractivity contribution in [3.63, 3.8) is 0 Å². The Morgan fingerprint density at radius 2 is 2.30 bits per heavy atom. The number of aryl methyl sites for hydroxylation is 1. The Labute approximate surface area is 119 Å². The molecule has 0 aliphatic heterocycles. The van der Waals surface area contributed by atoms with Crippen molar-refractivity contribution in [3.05, 3.63) is 35.4 Å². The minimum absolute atomic E-state index is 0.355. The lowest BCUT2D eigenvalue weighted by atomic mass is 9.84. The van der Waals surface area contributed by atoms with E-state index >= 15 is 0 Å². The minimum Gasteiger partial charge on any atom is -0.423 e. The van der Waals surface area contributed by atoms with Crippen LogP contribution in [0.25, 0.3) is 0 Å². The zero-order chi connectivity index (χ0) is 14.4. The zero-order valence-electron chi connectivity index (χ0n) is 11.7. The van der Waals surface area contributed by atoms with Crippen LogP contribution in [0.2, 0.25) is 0 Å². The number of hydrogen-bond donors (Lipinski definition) is 2. The number of carbonyl (C=O) groups is 1. The monoisotopic (exact) mass is 272 g/mol. The van der Waals surface area contributed by atoms with E-state index in [0.717, 1.165) is 24.8 Å². The first-order chi connectivity index (χ1) is 9.72. The number of hydrogen-bond acceptors (Lipinski definition) is 3. The van der Waals surface area contributed by atoms with Gasteiger partial charge in [-0.3, -0.25) is 5.32 Å². The van der Waals surface area contributed by atoms with Crippen molar-refractivity contribution in [2.75, 3.05) is 13.1 Å². The molecule has 0 bridgehead atoms. The lowest BCUT2D eigenvalue weighted by Crippen LogP contribution is -2.50.